The van der Waals surface area contributed by atoms with E-state index in [0.717, 1.165) is 10.2 Å². The Morgan fingerprint density at radius 2 is 2.00 bits per heavy atom. The lowest BCUT2D eigenvalue weighted by atomic mass is 10.2. The fourth-order valence-electron chi connectivity index (χ4n) is 1.05. The zero-order valence-corrected chi connectivity index (χ0v) is 6.76. The summed E-state index contributed by atoms with van der Waals surface area (Å²) < 4.78 is 13.9. The van der Waals surface area contributed by atoms with Gasteiger partial charge in [-0.2, -0.15) is 9.07 Å². The molecule has 0 amide bonds. The number of benzene rings is 1. The lowest BCUT2D eigenvalue weighted by Gasteiger charge is -1.98. The van der Waals surface area contributed by atoms with Crippen LogP contribution in [0.25, 0.3) is 0 Å². The van der Waals surface area contributed by atoms with Gasteiger partial charge in [-0.3, -0.25) is 0 Å². The standard InChI is InChI=1S/C8H7FN4/c9-8-10-11-12-13(8)6-7-4-2-1-3-5-7/h1-5H,6H2. The molecular weight excluding hydrogens is 171 g/mol. The Labute approximate surface area is 74.0 Å². The number of aromatic nitrogens is 4. The van der Waals surface area contributed by atoms with Crippen LogP contribution in [0.1, 0.15) is 5.56 Å². The van der Waals surface area contributed by atoms with Crippen molar-refractivity contribution in [2.45, 2.75) is 6.54 Å². The molecule has 0 N–H and O–H groups in total. The van der Waals surface area contributed by atoms with Gasteiger partial charge in [0, 0.05) is 0 Å². The van der Waals surface area contributed by atoms with Crippen molar-refractivity contribution in [1.29, 1.82) is 0 Å². The van der Waals surface area contributed by atoms with E-state index in [1.807, 2.05) is 30.3 Å². The summed E-state index contributed by atoms with van der Waals surface area (Å²) >= 11 is 0. The second-order valence-corrected chi connectivity index (χ2v) is 2.59. The number of hydrogen-bond donors (Lipinski definition) is 0. The van der Waals surface area contributed by atoms with Crippen molar-refractivity contribution < 1.29 is 4.39 Å². The third-order valence-electron chi connectivity index (χ3n) is 1.66. The molecule has 1 heterocycles. The van der Waals surface area contributed by atoms with Gasteiger partial charge in [0.15, 0.2) is 0 Å². The summed E-state index contributed by atoms with van der Waals surface area (Å²) in [4.78, 5) is 0. The Balaban J connectivity index is 2.20. The minimum Gasteiger partial charge on any atom is -0.197 e. The minimum absolute atomic E-state index is 0.361. The lowest BCUT2D eigenvalue weighted by molar-refractivity contribution is 0.457. The average Bonchev–Trinajstić information content (AvgIpc) is 2.54. The third-order valence-corrected chi connectivity index (χ3v) is 1.66. The molecule has 0 aliphatic carbocycles. The maximum Gasteiger partial charge on any atom is 0.327 e. The van der Waals surface area contributed by atoms with Crippen LogP contribution in [-0.4, -0.2) is 20.2 Å². The van der Waals surface area contributed by atoms with E-state index in [4.69, 9.17) is 0 Å². The molecule has 5 heteroatoms. The van der Waals surface area contributed by atoms with Crippen molar-refractivity contribution in [3.05, 3.63) is 42.0 Å². The SMILES string of the molecule is Fc1nnnn1Cc1ccccc1. The molecule has 13 heavy (non-hydrogen) atoms. The minimum atomic E-state index is -0.663. The Morgan fingerprint density at radius 1 is 1.23 bits per heavy atom. The summed E-state index contributed by atoms with van der Waals surface area (Å²) in [6.45, 7) is 0.361. The maximum absolute atomic E-state index is 12.8. The van der Waals surface area contributed by atoms with Gasteiger partial charge in [0.05, 0.1) is 6.54 Å². The number of tetrazole rings is 1. The Kier molecular flexibility index (Phi) is 1.99. The summed E-state index contributed by atoms with van der Waals surface area (Å²) in [5.41, 5.74) is 0.966. The topological polar surface area (TPSA) is 43.6 Å². The number of hydrogen-bond acceptors (Lipinski definition) is 3. The third kappa shape index (κ3) is 1.69. The van der Waals surface area contributed by atoms with Gasteiger partial charge in [-0.15, -0.1) is 0 Å². The van der Waals surface area contributed by atoms with Crippen molar-refractivity contribution in [3.63, 3.8) is 0 Å². The second-order valence-electron chi connectivity index (χ2n) is 2.59. The molecular formula is C8H7FN4. The highest BCUT2D eigenvalue weighted by Gasteiger charge is 2.03. The molecule has 1 aromatic heterocycles. The van der Waals surface area contributed by atoms with Crippen LogP contribution in [0.3, 0.4) is 0 Å². The number of rotatable bonds is 2. The van der Waals surface area contributed by atoms with Crippen LogP contribution in [0.15, 0.2) is 30.3 Å². The molecule has 0 saturated heterocycles. The molecule has 0 spiro atoms. The largest absolute Gasteiger partial charge is 0.327 e. The average molecular weight is 178 g/mol. The second kappa shape index (κ2) is 3.30. The molecule has 0 aliphatic rings. The highest BCUT2D eigenvalue weighted by molar-refractivity contribution is 5.14. The normalized spacial score (nSPS) is 10.2. The molecule has 0 saturated carbocycles. The monoisotopic (exact) mass is 178 g/mol. The van der Waals surface area contributed by atoms with E-state index < -0.39 is 6.08 Å². The van der Waals surface area contributed by atoms with Crippen LogP contribution in [0.5, 0.6) is 0 Å². The zero-order valence-electron chi connectivity index (χ0n) is 6.76. The van der Waals surface area contributed by atoms with Gasteiger partial charge < -0.3 is 0 Å². The van der Waals surface area contributed by atoms with E-state index in [2.05, 4.69) is 15.5 Å². The smallest absolute Gasteiger partial charge is 0.197 e. The summed E-state index contributed by atoms with van der Waals surface area (Å²) in [6.07, 6.45) is -0.663. The van der Waals surface area contributed by atoms with E-state index >= 15 is 0 Å². The van der Waals surface area contributed by atoms with Gasteiger partial charge in [0.25, 0.3) is 0 Å². The van der Waals surface area contributed by atoms with Gasteiger partial charge in [-0.05, 0) is 16.0 Å². The van der Waals surface area contributed by atoms with Crippen molar-refractivity contribution in [1.82, 2.24) is 20.2 Å². The summed E-state index contributed by atoms with van der Waals surface area (Å²) in [7, 11) is 0. The molecule has 0 fully saturated rings. The Hall–Kier alpha value is -1.78. The fourth-order valence-corrected chi connectivity index (χ4v) is 1.05. The molecule has 1 aromatic carbocycles. The number of nitrogens with zero attached hydrogens (tertiary/aromatic N) is 4. The van der Waals surface area contributed by atoms with E-state index in [-0.39, 0.29) is 0 Å². The first kappa shape index (κ1) is 7.85. The molecule has 0 bridgehead atoms. The first-order chi connectivity index (χ1) is 6.36. The van der Waals surface area contributed by atoms with Gasteiger partial charge in [-0.1, -0.05) is 35.4 Å². The van der Waals surface area contributed by atoms with Crippen molar-refractivity contribution >= 4 is 0 Å². The molecule has 0 aliphatic heterocycles. The van der Waals surface area contributed by atoms with Crippen LogP contribution >= 0.6 is 0 Å². The number of halogens is 1. The van der Waals surface area contributed by atoms with Crippen LogP contribution in [-0.2, 0) is 6.54 Å². The van der Waals surface area contributed by atoms with Gasteiger partial charge >= 0.3 is 6.08 Å². The molecule has 2 aromatic rings. The molecule has 0 atom stereocenters. The highest BCUT2D eigenvalue weighted by atomic mass is 19.1. The Morgan fingerprint density at radius 3 is 2.62 bits per heavy atom. The van der Waals surface area contributed by atoms with E-state index in [1.54, 1.807) is 0 Å². The van der Waals surface area contributed by atoms with E-state index in [9.17, 15) is 4.39 Å². The molecule has 2 rings (SSSR count). The van der Waals surface area contributed by atoms with Crippen LogP contribution in [0.4, 0.5) is 4.39 Å². The highest BCUT2D eigenvalue weighted by Crippen LogP contribution is 2.01. The first-order valence-corrected chi connectivity index (χ1v) is 3.82. The predicted octanol–water partition coefficient (Wildman–Crippen LogP) is 0.860. The van der Waals surface area contributed by atoms with Gasteiger partial charge in [0.1, 0.15) is 0 Å². The van der Waals surface area contributed by atoms with E-state index in [1.165, 1.54) is 0 Å². The quantitative estimate of drug-likeness (QED) is 0.685. The van der Waals surface area contributed by atoms with Crippen LogP contribution in [0, 0.1) is 6.08 Å². The van der Waals surface area contributed by atoms with Crippen LogP contribution in [0.2, 0.25) is 0 Å². The van der Waals surface area contributed by atoms with Gasteiger partial charge in [0.2, 0.25) is 0 Å². The summed E-state index contributed by atoms with van der Waals surface area (Å²) in [6, 6.07) is 9.46. The van der Waals surface area contributed by atoms with E-state index in [0.29, 0.717) is 6.54 Å². The lowest BCUT2D eigenvalue weighted by Crippen LogP contribution is -2.04. The van der Waals surface area contributed by atoms with Crippen molar-refractivity contribution in [2.24, 2.45) is 0 Å². The van der Waals surface area contributed by atoms with Crippen molar-refractivity contribution in [2.75, 3.05) is 0 Å². The fraction of sp³-hybridized carbons (Fsp3) is 0.125. The van der Waals surface area contributed by atoms with Crippen LogP contribution < -0.4 is 0 Å². The Bertz CT molecular complexity index is 384. The molecule has 66 valence electrons. The van der Waals surface area contributed by atoms with Crippen molar-refractivity contribution in [3.8, 4) is 0 Å². The van der Waals surface area contributed by atoms with Gasteiger partial charge in [-0.25, -0.2) is 0 Å². The molecule has 0 radical (unpaired) electrons. The first-order valence-electron chi connectivity index (χ1n) is 3.82. The molecule has 4 nitrogen and oxygen atoms in total. The molecule has 0 unspecified atom stereocenters. The summed E-state index contributed by atoms with van der Waals surface area (Å²) in [5.74, 6) is 0. The zero-order chi connectivity index (χ0) is 9.10. The maximum atomic E-state index is 12.8. The predicted molar refractivity (Wildman–Crippen MR) is 43.3 cm³/mol. The summed E-state index contributed by atoms with van der Waals surface area (Å²) in [5, 5.41) is 9.85.